The van der Waals surface area contributed by atoms with Gasteiger partial charge in [0.15, 0.2) is 0 Å². The van der Waals surface area contributed by atoms with Gasteiger partial charge in [-0.1, -0.05) is 30.3 Å². The van der Waals surface area contributed by atoms with Gasteiger partial charge in [-0.05, 0) is 30.7 Å². The van der Waals surface area contributed by atoms with Crippen molar-refractivity contribution in [3.05, 3.63) is 54.1 Å². The number of anilines is 2. The van der Waals surface area contributed by atoms with E-state index in [9.17, 15) is 8.42 Å². The number of sulfonamides is 1. The molecule has 0 fully saturated rings. The zero-order valence-corrected chi connectivity index (χ0v) is 13.0. The summed E-state index contributed by atoms with van der Waals surface area (Å²) in [4.78, 5) is 2.46. The van der Waals surface area contributed by atoms with Gasteiger partial charge >= 0.3 is 0 Å². The molecule has 1 aliphatic heterocycles. The van der Waals surface area contributed by atoms with E-state index >= 15 is 0 Å². The molecule has 0 aromatic heterocycles. The third-order valence-electron chi connectivity index (χ3n) is 3.86. The second-order valence-electron chi connectivity index (χ2n) is 5.25. The smallest absolute Gasteiger partial charge is 0.264 e. The average Bonchev–Trinajstić information content (AvgIpc) is 2.48. The van der Waals surface area contributed by atoms with Crippen molar-refractivity contribution < 1.29 is 8.42 Å². The highest BCUT2D eigenvalue weighted by Crippen LogP contribution is 2.35. The Hall–Kier alpha value is -2.01. The van der Waals surface area contributed by atoms with Gasteiger partial charge in [-0.2, -0.15) is 0 Å². The van der Waals surface area contributed by atoms with E-state index in [1.165, 1.54) is 4.31 Å². The van der Waals surface area contributed by atoms with Crippen LogP contribution >= 0.6 is 0 Å². The van der Waals surface area contributed by atoms with Crippen LogP contribution in [0.3, 0.4) is 0 Å². The van der Waals surface area contributed by atoms with Crippen LogP contribution in [0.5, 0.6) is 0 Å². The van der Waals surface area contributed by atoms with Crippen LogP contribution in [0.25, 0.3) is 0 Å². The van der Waals surface area contributed by atoms with E-state index in [0.717, 1.165) is 16.9 Å². The molecule has 0 saturated heterocycles. The Balaban J connectivity index is 2.14. The molecule has 2 aromatic rings. The van der Waals surface area contributed by atoms with Crippen molar-refractivity contribution in [3.63, 3.8) is 0 Å². The summed E-state index contributed by atoms with van der Waals surface area (Å²) in [5.41, 5.74) is 2.46. The maximum absolute atomic E-state index is 13.0. The summed E-state index contributed by atoms with van der Waals surface area (Å²) >= 11 is 0. The van der Waals surface area contributed by atoms with Crippen molar-refractivity contribution in [2.75, 3.05) is 29.3 Å². The van der Waals surface area contributed by atoms with Crippen molar-refractivity contribution in [3.8, 4) is 0 Å². The third kappa shape index (κ3) is 2.27. The zero-order chi connectivity index (χ0) is 15.0. The van der Waals surface area contributed by atoms with E-state index < -0.39 is 10.0 Å². The lowest BCUT2D eigenvalue weighted by Gasteiger charge is -2.36. The third-order valence-corrected chi connectivity index (χ3v) is 5.84. The molecular weight excluding hydrogens is 284 g/mol. The van der Waals surface area contributed by atoms with Crippen LogP contribution in [0.4, 0.5) is 11.4 Å². The summed E-state index contributed by atoms with van der Waals surface area (Å²) in [6.45, 7) is 2.97. The van der Waals surface area contributed by atoms with Crippen LogP contribution in [0, 0.1) is 6.92 Å². The number of fused-ring (bicyclic) bond motifs is 1. The van der Waals surface area contributed by atoms with E-state index in [0.29, 0.717) is 18.0 Å². The Morgan fingerprint density at radius 1 is 0.905 bits per heavy atom. The number of hydrogen-bond donors (Lipinski definition) is 0. The Kier molecular flexibility index (Phi) is 3.37. The first-order valence-electron chi connectivity index (χ1n) is 6.90. The minimum Gasteiger partial charge on any atom is -0.371 e. The van der Waals surface area contributed by atoms with E-state index in [1.54, 1.807) is 12.1 Å². The van der Waals surface area contributed by atoms with Gasteiger partial charge in [0.2, 0.25) is 0 Å². The SMILES string of the molecule is Cc1ccccc1S(=O)(=O)N1CCN(C)c2ccccc21. The van der Waals surface area contributed by atoms with Crippen molar-refractivity contribution in [2.45, 2.75) is 11.8 Å². The first kappa shape index (κ1) is 13.9. The van der Waals surface area contributed by atoms with Gasteiger partial charge in [0.05, 0.1) is 22.8 Å². The number of aryl methyl sites for hydroxylation is 1. The summed E-state index contributed by atoms with van der Waals surface area (Å²) in [6.07, 6.45) is 0. The van der Waals surface area contributed by atoms with Gasteiger partial charge in [-0.25, -0.2) is 8.42 Å². The molecule has 0 unspecified atom stereocenters. The second-order valence-corrected chi connectivity index (χ2v) is 7.08. The summed E-state index contributed by atoms with van der Waals surface area (Å²) in [6, 6.07) is 14.7. The highest BCUT2D eigenvalue weighted by Gasteiger charge is 2.31. The molecule has 0 atom stereocenters. The topological polar surface area (TPSA) is 40.6 Å². The standard InChI is InChI=1S/C16H18N2O2S/c1-13-7-3-6-10-16(13)21(19,20)18-12-11-17(2)14-8-4-5-9-15(14)18/h3-10H,11-12H2,1-2H3. The molecule has 0 bridgehead atoms. The maximum atomic E-state index is 13.0. The molecule has 5 heteroatoms. The van der Waals surface area contributed by atoms with Crippen molar-refractivity contribution >= 4 is 21.4 Å². The fourth-order valence-electron chi connectivity index (χ4n) is 2.69. The second kappa shape index (κ2) is 5.07. The summed E-state index contributed by atoms with van der Waals surface area (Å²) < 4.78 is 27.5. The number of para-hydroxylation sites is 2. The molecule has 0 amide bonds. The molecular formula is C16H18N2O2S. The summed E-state index contributed by atoms with van der Waals surface area (Å²) in [5.74, 6) is 0. The highest BCUT2D eigenvalue weighted by molar-refractivity contribution is 7.93. The van der Waals surface area contributed by atoms with Gasteiger partial charge in [0.1, 0.15) is 0 Å². The first-order chi connectivity index (χ1) is 10.0. The van der Waals surface area contributed by atoms with Gasteiger partial charge < -0.3 is 4.90 Å². The predicted octanol–water partition coefficient (Wildman–Crippen LogP) is 2.64. The predicted molar refractivity (Wildman–Crippen MR) is 85.4 cm³/mol. The lowest BCUT2D eigenvalue weighted by molar-refractivity contribution is 0.588. The summed E-state index contributed by atoms with van der Waals surface area (Å²) in [5, 5.41) is 0. The number of likely N-dealkylation sites (N-methyl/N-ethyl adjacent to an activating group) is 1. The maximum Gasteiger partial charge on any atom is 0.264 e. The molecule has 110 valence electrons. The largest absolute Gasteiger partial charge is 0.371 e. The van der Waals surface area contributed by atoms with Crippen molar-refractivity contribution in [2.24, 2.45) is 0 Å². The average molecular weight is 302 g/mol. The molecule has 0 N–H and O–H groups in total. The number of nitrogens with zero attached hydrogens (tertiary/aromatic N) is 2. The number of rotatable bonds is 2. The molecule has 0 saturated carbocycles. The molecule has 2 aromatic carbocycles. The molecule has 0 spiro atoms. The molecule has 21 heavy (non-hydrogen) atoms. The van der Waals surface area contributed by atoms with Crippen LogP contribution < -0.4 is 9.21 Å². The summed E-state index contributed by atoms with van der Waals surface area (Å²) in [7, 11) is -1.54. The monoisotopic (exact) mass is 302 g/mol. The fraction of sp³-hybridized carbons (Fsp3) is 0.250. The molecule has 0 aliphatic carbocycles. The quantitative estimate of drug-likeness (QED) is 0.856. The van der Waals surface area contributed by atoms with E-state index in [4.69, 9.17) is 0 Å². The van der Waals surface area contributed by atoms with E-state index in [2.05, 4.69) is 4.90 Å². The molecule has 1 heterocycles. The van der Waals surface area contributed by atoms with Crippen LogP contribution in [0.15, 0.2) is 53.4 Å². The van der Waals surface area contributed by atoms with Gasteiger partial charge in [0.25, 0.3) is 10.0 Å². The lowest BCUT2D eigenvalue weighted by atomic mass is 10.2. The Morgan fingerprint density at radius 3 is 2.24 bits per heavy atom. The molecule has 1 aliphatic rings. The van der Waals surface area contributed by atoms with Crippen LogP contribution in [0.1, 0.15) is 5.56 Å². The first-order valence-corrected chi connectivity index (χ1v) is 8.34. The van der Waals surface area contributed by atoms with Crippen LogP contribution in [-0.4, -0.2) is 28.6 Å². The van der Waals surface area contributed by atoms with E-state index in [1.807, 2.05) is 50.4 Å². The normalized spacial score (nSPS) is 15.0. The zero-order valence-electron chi connectivity index (χ0n) is 12.2. The minimum absolute atomic E-state index is 0.379. The number of hydrogen-bond acceptors (Lipinski definition) is 3. The Morgan fingerprint density at radius 2 is 1.52 bits per heavy atom. The van der Waals surface area contributed by atoms with E-state index in [-0.39, 0.29) is 0 Å². The fourth-order valence-corrected chi connectivity index (χ4v) is 4.39. The Labute approximate surface area is 125 Å². The number of benzene rings is 2. The van der Waals surface area contributed by atoms with Gasteiger partial charge in [-0.3, -0.25) is 4.31 Å². The molecule has 0 radical (unpaired) electrons. The molecule has 3 rings (SSSR count). The van der Waals surface area contributed by atoms with Crippen LogP contribution in [0.2, 0.25) is 0 Å². The van der Waals surface area contributed by atoms with Crippen LogP contribution in [-0.2, 0) is 10.0 Å². The van der Waals surface area contributed by atoms with Gasteiger partial charge in [0, 0.05) is 13.6 Å². The van der Waals surface area contributed by atoms with Crippen molar-refractivity contribution in [1.82, 2.24) is 0 Å². The highest BCUT2D eigenvalue weighted by atomic mass is 32.2. The lowest BCUT2D eigenvalue weighted by Crippen LogP contribution is -2.42. The Bertz CT molecular complexity index is 771. The van der Waals surface area contributed by atoms with Gasteiger partial charge in [-0.15, -0.1) is 0 Å². The van der Waals surface area contributed by atoms with Crippen molar-refractivity contribution in [1.29, 1.82) is 0 Å². The minimum atomic E-state index is -3.52. The molecule has 4 nitrogen and oxygen atoms in total.